The molecule has 1 aromatic carbocycles. The zero-order valence-corrected chi connectivity index (χ0v) is 9.88. The van der Waals surface area contributed by atoms with Gasteiger partial charge in [-0.15, -0.1) is 0 Å². The van der Waals surface area contributed by atoms with Gasteiger partial charge < -0.3 is 15.8 Å². The Morgan fingerprint density at radius 3 is 2.84 bits per heavy atom. The van der Waals surface area contributed by atoms with Gasteiger partial charge >= 0.3 is 6.01 Å². The van der Waals surface area contributed by atoms with E-state index in [9.17, 15) is 4.39 Å². The summed E-state index contributed by atoms with van der Waals surface area (Å²) in [5, 5.41) is 11.6. The molecule has 8 heteroatoms. The molecule has 19 heavy (non-hydrogen) atoms. The molecule has 3 N–H and O–H groups in total. The second-order valence-corrected chi connectivity index (χ2v) is 3.40. The molecule has 0 aliphatic rings. The average molecular weight is 260 g/mol. The van der Waals surface area contributed by atoms with Gasteiger partial charge in [0.25, 0.3) is 0 Å². The first-order chi connectivity index (χ1) is 9.13. The minimum atomic E-state index is -0.638. The minimum absolute atomic E-state index is 0.0184. The first-order valence-corrected chi connectivity index (χ1v) is 5.15. The van der Waals surface area contributed by atoms with Crippen LogP contribution >= 0.6 is 0 Å². The van der Waals surface area contributed by atoms with Crippen molar-refractivity contribution in [3.63, 3.8) is 0 Å². The number of nitrogens with two attached hydrogens (primary N) is 1. The third-order valence-corrected chi connectivity index (χ3v) is 2.19. The van der Waals surface area contributed by atoms with E-state index in [0.717, 1.165) is 0 Å². The predicted octanol–water partition coefficient (Wildman–Crippen LogP) is 1.22. The molecule has 0 radical (unpaired) electrons. The van der Waals surface area contributed by atoms with Crippen molar-refractivity contribution in [2.75, 3.05) is 18.2 Å². The molecule has 96 valence electrons. The number of hydrogen-bond acceptors (Lipinski definition) is 7. The number of rotatable bonds is 3. The van der Waals surface area contributed by atoms with Crippen LogP contribution in [0.15, 0.2) is 18.2 Å². The second-order valence-electron chi connectivity index (χ2n) is 3.40. The number of anilines is 3. The van der Waals surface area contributed by atoms with Crippen molar-refractivity contribution in [1.82, 2.24) is 15.0 Å². The lowest BCUT2D eigenvalue weighted by molar-refractivity contribution is 0.380. The van der Waals surface area contributed by atoms with Gasteiger partial charge in [-0.2, -0.15) is 20.2 Å². The fraction of sp³-hybridized carbons (Fsp3) is 0.0909. The molecular formula is C11H9FN6O. The summed E-state index contributed by atoms with van der Waals surface area (Å²) in [7, 11) is 1.38. The number of nitriles is 1. The summed E-state index contributed by atoms with van der Waals surface area (Å²) in [6.45, 7) is 0. The third-order valence-electron chi connectivity index (χ3n) is 2.19. The first-order valence-electron chi connectivity index (χ1n) is 5.15. The van der Waals surface area contributed by atoms with Gasteiger partial charge in [0.15, 0.2) is 0 Å². The number of hydrogen-bond donors (Lipinski definition) is 2. The molecule has 0 saturated carbocycles. The SMILES string of the molecule is COc1nc(N)nc(Nc2cccc(F)c2C#N)n1. The molecule has 0 aliphatic heterocycles. The van der Waals surface area contributed by atoms with Crippen molar-refractivity contribution >= 4 is 17.6 Å². The molecule has 1 aromatic heterocycles. The molecule has 0 aliphatic carbocycles. The quantitative estimate of drug-likeness (QED) is 0.853. The summed E-state index contributed by atoms with van der Waals surface area (Å²) in [5.74, 6) is -0.628. The van der Waals surface area contributed by atoms with E-state index < -0.39 is 5.82 Å². The summed E-state index contributed by atoms with van der Waals surface area (Å²) in [6.07, 6.45) is 0. The van der Waals surface area contributed by atoms with E-state index in [1.54, 1.807) is 6.07 Å². The Bertz CT molecular complexity index is 654. The summed E-state index contributed by atoms with van der Waals surface area (Å²) in [6, 6.07) is 5.94. The Labute approximate surface area is 107 Å². The number of nitrogens with one attached hydrogen (secondary N) is 1. The molecule has 0 spiro atoms. The summed E-state index contributed by atoms with van der Waals surface area (Å²) < 4.78 is 18.2. The van der Waals surface area contributed by atoms with Crippen LogP contribution in [0, 0.1) is 17.1 Å². The Balaban J connectivity index is 2.39. The smallest absolute Gasteiger partial charge is 0.322 e. The predicted molar refractivity (Wildman–Crippen MR) is 65.2 cm³/mol. The van der Waals surface area contributed by atoms with E-state index >= 15 is 0 Å². The fourth-order valence-corrected chi connectivity index (χ4v) is 1.38. The van der Waals surface area contributed by atoms with Gasteiger partial charge in [-0.1, -0.05) is 6.07 Å². The van der Waals surface area contributed by atoms with E-state index in [2.05, 4.69) is 20.3 Å². The van der Waals surface area contributed by atoms with Crippen molar-refractivity contribution in [3.05, 3.63) is 29.6 Å². The van der Waals surface area contributed by atoms with E-state index in [4.69, 9.17) is 15.7 Å². The van der Waals surface area contributed by atoms with Crippen molar-refractivity contribution in [2.45, 2.75) is 0 Å². The molecular weight excluding hydrogens is 251 g/mol. The number of nitrogen functional groups attached to an aromatic ring is 1. The number of halogens is 1. The lowest BCUT2D eigenvalue weighted by atomic mass is 10.2. The van der Waals surface area contributed by atoms with Crippen LogP contribution in [0.2, 0.25) is 0 Å². The standard InChI is InChI=1S/C11H9FN6O/c1-19-11-17-9(14)16-10(18-11)15-8-4-2-3-7(12)6(8)5-13/h2-4H,1H3,(H3,14,15,16,17,18). The van der Waals surface area contributed by atoms with Crippen LogP contribution in [0.3, 0.4) is 0 Å². The highest BCUT2D eigenvalue weighted by Crippen LogP contribution is 2.21. The monoisotopic (exact) mass is 260 g/mol. The fourth-order valence-electron chi connectivity index (χ4n) is 1.38. The van der Waals surface area contributed by atoms with Crippen molar-refractivity contribution in [3.8, 4) is 12.1 Å². The molecule has 0 fully saturated rings. The lowest BCUT2D eigenvalue weighted by Gasteiger charge is -2.08. The summed E-state index contributed by atoms with van der Waals surface area (Å²) in [4.78, 5) is 11.4. The maximum Gasteiger partial charge on any atom is 0.322 e. The minimum Gasteiger partial charge on any atom is -0.467 e. The van der Waals surface area contributed by atoms with Crippen LogP contribution in [-0.4, -0.2) is 22.1 Å². The van der Waals surface area contributed by atoms with Crippen molar-refractivity contribution < 1.29 is 9.13 Å². The normalized spacial score (nSPS) is 9.74. The van der Waals surface area contributed by atoms with E-state index in [-0.39, 0.29) is 29.2 Å². The summed E-state index contributed by atoms with van der Waals surface area (Å²) >= 11 is 0. The molecule has 0 amide bonds. The van der Waals surface area contributed by atoms with Gasteiger partial charge in [-0.05, 0) is 12.1 Å². The Kier molecular flexibility index (Phi) is 3.38. The van der Waals surface area contributed by atoms with Crippen LogP contribution in [0.4, 0.5) is 22.0 Å². The zero-order chi connectivity index (χ0) is 13.8. The first kappa shape index (κ1) is 12.5. The number of ether oxygens (including phenoxy) is 1. The number of aromatic nitrogens is 3. The van der Waals surface area contributed by atoms with Crippen LogP contribution in [-0.2, 0) is 0 Å². The van der Waals surface area contributed by atoms with Gasteiger partial charge in [0.1, 0.15) is 17.4 Å². The average Bonchev–Trinajstić information content (AvgIpc) is 2.38. The topological polar surface area (TPSA) is 110 Å². The molecule has 7 nitrogen and oxygen atoms in total. The second kappa shape index (κ2) is 5.14. The molecule has 2 aromatic rings. The van der Waals surface area contributed by atoms with Crippen LogP contribution in [0.5, 0.6) is 6.01 Å². The molecule has 0 unspecified atom stereocenters. The molecule has 1 heterocycles. The molecule has 2 rings (SSSR count). The van der Waals surface area contributed by atoms with E-state index in [1.165, 1.54) is 25.3 Å². The van der Waals surface area contributed by atoms with E-state index in [0.29, 0.717) is 0 Å². The highest BCUT2D eigenvalue weighted by atomic mass is 19.1. The third kappa shape index (κ3) is 2.66. The maximum absolute atomic E-state index is 13.4. The molecule has 0 saturated heterocycles. The molecule has 0 bridgehead atoms. The van der Waals surface area contributed by atoms with Gasteiger partial charge in [0, 0.05) is 0 Å². The van der Waals surface area contributed by atoms with Gasteiger partial charge in [0.2, 0.25) is 11.9 Å². The van der Waals surface area contributed by atoms with Gasteiger partial charge in [0.05, 0.1) is 12.8 Å². The van der Waals surface area contributed by atoms with E-state index in [1.807, 2.05) is 0 Å². The van der Waals surface area contributed by atoms with Gasteiger partial charge in [-0.25, -0.2) is 4.39 Å². The van der Waals surface area contributed by atoms with Crippen LogP contribution < -0.4 is 15.8 Å². The lowest BCUT2D eigenvalue weighted by Crippen LogP contribution is -2.06. The number of benzene rings is 1. The van der Waals surface area contributed by atoms with Crippen LogP contribution in [0.25, 0.3) is 0 Å². The Hall–Kier alpha value is -2.95. The van der Waals surface area contributed by atoms with Gasteiger partial charge in [-0.3, -0.25) is 0 Å². The number of methoxy groups -OCH3 is 1. The highest BCUT2D eigenvalue weighted by molar-refractivity contribution is 5.63. The Morgan fingerprint density at radius 1 is 1.37 bits per heavy atom. The largest absolute Gasteiger partial charge is 0.467 e. The highest BCUT2D eigenvalue weighted by Gasteiger charge is 2.10. The molecule has 0 atom stereocenters. The van der Waals surface area contributed by atoms with Crippen molar-refractivity contribution in [2.24, 2.45) is 0 Å². The van der Waals surface area contributed by atoms with Crippen LogP contribution in [0.1, 0.15) is 5.56 Å². The Morgan fingerprint density at radius 2 is 2.16 bits per heavy atom. The summed E-state index contributed by atoms with van der Waals surface area (Å²) in [5.41, 5.74) is 5.56. The van der Waals surface area contributed by atoms with Crippen molar-refractivity contribution in [1.29, 1.82) is 5.26 Å². The zero-order valence-electron chi connectivity index (χ0n) is 9.88. The maximum atomic E-state index is 13.4. The number of nitrogens with zero attached hydrogens (tertiary/aromatic N) is 4.